The summed E-state index contributed by atoms with van der Waals surface area (Å²) in [5, 5.41) is 19.1. The van der Waals surface area contributed by atoms with E-state index in [-0.39, 0.29) is 12.6 Å². The molecule has 0 spiro atoms. The van der Waals surface area contributed by atoms with E-state index in [4.69, 9.17) is 9.84 Å². The molecule has 2 aromatic heterocycles. The molecular formula is C14H21N3O2S. The molecule has 2 rings (SSSR count). The molecule has 2 aromatic rings. The summed E-state index contributed by atoms with van der Waals surface area (Å²) in [4.78, 5) is 1.13. The fourth-order valence-corrected chi connectivity index (χ4v) is 2.61. The van der Waals surface area contributed by atoms with Gasteiger partial charge in [-0.2, -0.15) is 5.10 Å². The molecule has 0 saturated heterocycles. The molecule has 2 heterocycles. The first-order valence-corrected chi connectivity index (χ1v) is 7.69. The van der Waals surface area contributed by atoms with Crippen molar-refractivity contribution in [1.82, 2.24) is 9.78 Å². The van der Waals surface area contributed by atoms with Crippen LogP contribution in [0.3, 0.4) is 0 Å². The molecule has 2 N–H and O–H groups in total. The van der Waals surface area contributed by atoms with E-state index in [9.17, 15) is 0 Å². The maximum absolute atomic E-state index is 9.15. The first kappa shape index (κ1) is 15.0. The minimum atomic E-state index is 0.0695. The molecule has 6 heteroatoms. The Hall–Kier alpha value is -1.37. The quantitative estimate of drug-likeness (QED) is 0.785. The van der Waals surface area contributed by atoms with Crippen LogP contribution in [0.15, 0.2) is 23.6 Å². The molecule has 0 aliphatic carbocycles. The Morgan fingerprint density at radius 1 is 1.55 bits per heavy atom. The van der Waals surface area contributed by atoms with Gasteiger partial charge < -0.3 is 15.2 Å². The lowest BCUT2D eigenvalue weighted by Crippen LogP contribution is -2.24. The Kier molecular flexibility index (Phi) is 5.58. The van der Waals surface area contributed by atoms with Gasteiger partial charge in [0.25, 0.3) is 0 Å². The van der Waals surface area contributed by atoms with E-state index < -0.39 is 0 Å². The number of nitrogens with one attached hydrogen (secondary N) is 1. The lowest BCUT2D eigenvalue weighted by Gasteiger charge is -2.15. The normalized spacial score (nSPS) is 12.6. The van der Waals surface area contributed by atoms with E-state index >= 15 is 0 Å². The molecule has 0 bridgehead atoms. The molecule has 0 fully saturated rings. The van der Waals surface area contributed by atoms with E-state index in [1.165, 1.54) is 0 Å². The number of hydrogen-bond donors (Lipinski definition) is 2. The van der Waals surface area contributed by atoms with Crippen LogP contribution in [0.5, 0.6) is 0 Å². The molecule has 0 radical (unpaired) electrons. The van der Waals surface area contributed by atoms with Crippen LogP contribution in [0, 0.1) is 0 Å². The lowest BCUT2D eigenvalue weighted by atomic mass is 10.3. The van der Waals surface area contributed by atoms with E-state index in [0.717, 1.165) is 16.4 Å². The van der Waals surface area contributed by atoms with Gasteiger partial charge in [-0.25, -0.2) is 4.68 Å². The van der Waals surface area contributed by atoms with Gasteiger partial charge >= 0.3 is 0 Å². The van der Waals surface area contributed by atoms with Crippen LogP contribution in [0.4, 0.5) is 5.82 Å². The zero-order valence-electron chi connectivity index (χ0n) is 11.9. The van der Waals surface area contributed by atoms with Gasteiger partial charge in [0.05, 0.1) is 24.6 Å². The number of aliphatic hydroxyl groups is 1. The summed E-state index contributed by atoms with van der Waals surface area (Å²) in [6.07, 6.45) is 0. The van der Waals surface area contributed by atoms with Crippen LogP contribution in [-0.2, 0) is 11.3 Å². The van der Waals surface area contributed by atoms with Crippen molar-refractivity contribution < 1.29 is 9.84 Å². The summed E-state index contributed by atoms with van der Waals surface area (Å²) in [5.41, 5.74) is 0.930. The van der Waals surface area contributed by atoms with Crippen molar-refractivity contribution in [3.8, 4) is 10.6 Å². The molecule has 0 aliphatic rings. The van der Waals surface area contributed by atoms with Crippen molar-refractivity contribution in [3.05, 3.63) is 23.6 Å². The summed E-state index contributed by atoms with van der Waals surface area (Å²) < 4.78 is 7.21. The minimum Gasteiger partial charge on any atom is -0.394 e. The Bertz CT molecular complexity index is 510. The van der Waals surface area contributed by atoms with E-state index in [0.29, 0.717) is 19.8 Å². The number of thiophene rings is 1. The lowest BCUT2D eigenvalue weighted by molar-refractivity contribution is 0.141. The van der Waals surface area contributed by atoms with E-state index in [1.54, 1.807) is 16.0 Å². The molecule has 5 nitrogen and oxygen atoms in total. The molecular weight excluding hydrogens is 274 g/mol. The highest BCUT2D eigenvalue weighted by atomic mass is 32.1. The first-order valence-electron chi connectivity index (χ1n) is 6.81. The third kappa shape index (κ3) is 3.82. The Morgan fingerprint density at radius 3 is 3.05 bits per heavy atom. The number of hydrogen-bond acceptors (Lipinski definition) is 5. The van der Waals surface area contributed by atoms with Gasteiger partial charge in [0.15, 0.2) is 0 Å². The second-order valence-electron chi connectivity index (χ2n) is 4.54. The summed E-state index contributed by atoms with van der Waals surface area (Å²) in [7, 11) is 0. The highest BCUT2D eigenvalue weighted by molar-refractivity contribution is 7.13. The number of ether oxygens (including phenoxy) is 1. The van der Waals surface area contributed by atoms with Crippen molar-refractivity contribution in [1.29, 1.82) is 0 Å². The fraction of sp³-hybridized carbons (Fsp3) is 0.500. The van der Waals surface area contributed by atoms with E-state index in [2.05, 4.69) is 17.3 Å². The Morgan fingerprint density at radius 2 is 2.40 bits per heavy atom. The smallest absolute Gasteiger partial charge is 0.125 e. The molecule has 110 valence electrons. The maximum Gasteiger partial charge on any atom is 0.125 e. The van der Waals surface area contributed by atoms with Crippen LogP contribution in [0.25, 0.3) is 10.6 Å². The average molecular weight is 295 g/mol. The van der Waals surface area contributed by atoms with Gasteiger partial charge in [-0.3, -0.25) is 0 Å². The summed E-state index contributed by atoms with van der Waals surface area (Å²) in [6, 6.07) is 6.27. The summed E-state index contributed by atoms with van der Waals surface area (Å²) >= 11 is 1.66. The monoisotopic (exact) mass is 295 g/mol. The molecule has 0 saturated carbocycles. The predicted molar refractivity (Wildman–Crippen MR) is 82.2 cm³/mol. The molecule has 0 aliphatic heterocycles. The maximum atomic E-state index is 9.15. The predicted octanol–water partition coefficient (Wildman–Crippen LogP) is 2.44. The second-order valence-corrected chi connectivity index (χ2v) is 5.49. The molecule has 0 amide bonds. The third-order valence-electron chi connectivity index (χ3n) is 2.83. The largest absolute Gasteiger partial charge is 0.394 e. The molecule has 1 atom stereocenters. The average Bonchev–Trinajstić information content (AvgIpc) is 3.07. The highest BCUT2D eigenvalue weighted by Crippen LogP contribution is 2.26. The summed E-state index contributed by atoms with van der Waals surface area (Å²) in [5.74, 6) is 0.912. The van der Waals surface area contributed by atoms with E-state index in [1.807, 2.05) is 30.5 Å². The Balaban J connectivity index is 2.13. The standard InChI is InChI=1S/C14H21N3O2S/c1-3-19-10-11(2)15-14-9-12(13-5-4-8-20-13)16-17(14)6-7-18/h4-5,8-9,11,15,18H,3,6-7,10H2,1-2H3. The fourth-order valence-electron chi connectivity index (χ4n) is 1.93. The second kappa shape index (κ2) is 7.42. The number of aliphatic hydroxyl groups excluding tert-OH is 1. The van der Waals surface area contributed by atoms with Gasteiger partial charge in [0, 0.05) is 18.7 Å². The number of rotatable bonds is 8. The van der Waals surface area contributed by atoms with Crippen molar-refractivity contribution in [2.45, 2.75) is 26.4 Å². The zero-order valence-corrected chi connectivity index (χ0v) is 12.7. The third-order valence-corrected chi connectivity index (χ3v) is 3.72. The van der Waals surface area contributed by atoms with Crippen molar-refractivity contribution >= 4 is 17.2 Å². The molecule has 0 aromatic carbocycles. The van der Waals surface area contributed by atoms with Crippen LogP contribution >= 0.6 is 11.3 Å². The van der Waals surface area contributed by atoms with Crippen molar-refractivity contribution in [2.24, 2.45) is 0 Å². The molecule has 1 unspecified atom stereocenters. The summed E-state index contributed by atoms with van der Waals surface area (Å²) in [6.45, 7) is 5.96. The molecule has 20 heavy (non-hydrogen) atoms. The number of aromatic nitrogens is 2. The Labute approximate surface area is 123 Å². The SMILES string of the molecule is CCOCC(C)Nc1cc(-c2cccs2)nn1CCO. The van der Waals surface area contributed by atoms with Crippen LogP contribution in [-0.4, -0.2) is 40.7 Å². The van der Waals surface area contributed by atoms with Gasteiger partial charge in [0.2, 0.25) is 0 Å². The van der Waals surface area contributed by atoms with Crippen molar-refractivity contribution in [2.75, 3.05) is 25.1 Å². The van der Waals surface area contributed by atoms with Crippen molar-refractivity contribution in [3.63, 3.8) is 0 Å². The highest BCUT2D eigenvalue weighted by Gasteiger charge is 2.12. The topological polar surface area (TPSA) is 59.3 Å². The van der Waals surface area contributed by atoms with Crippen LogP contribution in [0.2, 0.25) is 0 Å². The number of anilines is 1. The zero-order chi connectivity index (χ0) is 14.4. The van der Waals surface area contributed by atoms with Gasteiger partial charge in [-0.15, -0.1) is 11.3 Å². The van der Waals surface area contributed by atoms with Gasteiger partial charge in [0.1, 0.15) is 11.5 Å². The van der Waals surface area contributed by atoms with Crippen LogP contribution in [0.1, 0.15) is 13.8 Å². The minimum absolute atomic E-state index is 0.0695. The number of nitrogens with zero attached hydrogens (tertiary/aromatic N) is 2. The first-order chi connectivity index (χ1) is 9.74. The van der Waals surface area contributed by atoms with Gasteiger partial charge in [-0.1, -0.05) is 6.07 Å². The van der Waals surface area contributed by atoms with Gasteiger partial charge in [-0.05, 0) is 25.3 Å². The van der Waals surface area contributed by atoms with Crippen LogP contribution < -0.4 is 5.32 Å².